The fourth-order valence-electron chi connectivity index (χ4n) is 3.72. The summed E-state index contributed by atoms with van der Waals surface area (Å²) in [5.74, 6) is 0.444. The molecule has 10 nitrogen and oxygen atoms in total. The van der Waals surface area contributed by atoms with Crippen molar-refractivity contribution in [2.45, 2.75) is 6.92 Å². The zero-order valence-electron chi connectivity index (χ0n) is 17.6. The molecule has 3 aromatic rings. The molecular formula is C21H21ClN6O4. The lowest BCUT2D eigenvalue weighted by Gasteiger charge is -2.35. The van der Waals surface area contributed by atoms with Crippen LogP contribution in [0.2, 0.25) is 5.02 Å². The number of halogens is 1. The van der Waals surface area contributed by atoms with E-state index in [0.29, 0.717) is 49.0 Å². The van der Waals surface area contributed by atoms with Crippen LogP contribution in [-0.2, 0) is 0 Å². The Morgan fingerprint density at radius 1 is 1.16 bits per heavy atom. The zero-order chi connectivity index (χ0) is 22.8. The summed E-state index contributed by atoms with van der Waals surface area (Å²) in [4.78, 5) is 27.3. The third kappa shape index (κ3) is 3.96. The fraction of sp³-hybridized carbons (Fsp3) is 0.286. The van der Waals surface area contributed by atoms with E-state index in [-0.39, 0.29) is 16.6 Å². The van der Waals surface area contributed by atoms with Crippen LogP contribution in [-0.4, -0.2) is 64.0 Å². The number of carbonyl (C=O) groups is 1. The lowest BCUT2D eigenvalue weighted by atomic mass is 10.2. The molecule has 0 N–H and O–H groups in total. The topological polar surface area (TPSA) is 107 Å². The Kier molecular flexibility index (Phi) is 5.95. The molecule has 1 saturated heterocycles. The summed E-state index contributed by atoms with van der Waals surface area (Å²) in [5, 5.41) is 19.3. The van der Waals surface area contributed by atoms with Crippen molar-refractivity contribution in [2.75, 3.05) is 38.2 Å². The van der Waals surface area contributed by atoms with E-state index in [9.17, 15) is 14.9 Å². The molecule has 11 heteroatoms. The van der Waals surface area contributed by atoms with Gasteiger partial charge in [0, 0.05) is 37.9 Å². The number of para-hydroxylation sites is 2. The van der Waals surface area contributed by atoms with Gasteiger partial charge in [-0.25, -0.2) is 4.68 Å². The number of rotatable bonds is 5. The number of amides is 1. The highest BCUT2D eigenvalue weighted by atomic mass is 35.5. The van der Waals surface area contributed by atoms with Crippen molar-refractivity contribution in [3.05, 3.63) is 69.0 Å². The van der Waals surface area contributed by atoms with Crippen LogP contribution in [0.4, 0.5) is 11.4 Å². The Hall–Kier alpha value is -3.66. The Bertz CT molecular complexity index is 1170. The molecule has 0 unspecified atom stereocenters. The van der Waals surface area contributed by atoms with E-state index in [1.165, 1.54) is 6.07 Å². The van der Waals surface area contributed by atoms with Crippen molar-refractivity contribution in [1.29, 1.82) is 0 Å². The number of carbonyl (C=O) groups excluding carboxylic acids is 1. The van der Waals surface area contributed by atoms with Crippen molar-refractivity contribution in [1.82, 2.24) is 19.9 Å². The van der Waals surface area contributed by atoms with E-state index in [4.69, 9.17) is 16.3 Å². The lowest BCUT2D eigenvalue weighted by Crippen LogP contribution is -2.49. The summed E-state index contributed by atoms with van der Waals surface area (Å²) in [5.41, 5.74) is 2.29. The fourth-order valence-corrected chi connectivity index (χ4v) is 3.96. The van der Waals surface area contributed by atoms with Gasteiger partial charge in [-0.05, 0) is 31.2 Å². The number of ether oxygens (including phenoxy) is 1. The average molecular weight is 457 g/mol. The molecule has 0 aliphatic carbocycles. The van der Waals surface area contributed by atoms with Gasteiger partial charge in [0.2, 0.25) is 0 Å². The summed E-state index contributed by atoms with van der Waals surface area (Å²) in [7, 11) is 1.58. The van der Waals surface area contributed by atoms with Gasteiger partial charge >= 0.3 is 0 Å². The highest BCUT2D eigenvalue weighted by Gasteiger charge is 2.27. The molecule has 2 aromatic carbocycles. The van der Waals surface area contributed by atoms with E-state index < -0.39 is 4.92 Å². The van der Waals surface area contributed by atoms with Crippen LogP contribution in [0.25, 0.3) is 5.69 Å². The van der Waals surface area contributed by atoms with E-state index in [2.05, 4.69) is 10.3 Å². The van der Waals surface area contributed by atoms with Crippen LogP contribution < -0.4 is 9.64 Å². The number of nitro benzene ring substituents is 1. The largest absolute Gasteiger partial charge is 0.494 e. The number of hydrogen-bond acceptors (Lipinski definition) is 7. The molecule has 1 amide bonds. The minimum Gasteiger partial charge on any atom is -0.494 e. The summed E-state index contributed by atoms with van der Waals surface area (Å²) in [6, 6.07) is 12.0. The number of hydrogen-bond donors (Lipinski definition) is 0. The number of aromatic nitrogens is 3. The van der Waals surface area contributed by atoms with Crippen molar-refractivity contribution < 1.29 is 14.5 Å². The first kappa shape index (κ1) is 21.6. The van der Waals surface area contributed by atoms with Gasteiger partial charge in [-0.15, -0.1) is 5.10 Å². The predicted molar refractivity (Wildman–Crippen MR) is 119 cm³/mol. The SMILES string of the molecule is COc1ccccc1-n1nnc(C(=O)N2CCN(c3ccc([N+](=O)[O-])c(Cl)c3)CC2)c1C. The molecule has 1 aromatic heterocycles. The number of anilines is 1. The van der Waals surface area contributed by atoms with Crippen molar-refractivity contribution in [3.63, 3.8) is 0 Å². The Morgan fingerprint density at radius 3 is 2.53 bits per heavy atom. The molecule has 1 aliphatic heterocycles. The van der Waals surface area contributed by atoms with E-state index >= 15 is 0 Å². The second-order valence-electron chi connectivity index (χ2n) is 7.28. The van der Waals surface area contributed by atoms with Crippen LogP contribution in [0.5, 0.6) is 5.75 Å². The maximum absolute atomic E-state index is 13.1. The molecule has 4 rings (SSSR count). The quantitative estimate of drug-likeness (QED) is 0.429. The van der Waals surface area contributed by atoms with Crippen LogP contribution in [0, 0.1) is 17.0 Å². The first-order valence-corrected chi connectivity index (χ1v) is 10.3. The first-order valence-electron chi connectivity index (χ1n) is 9.94. The Morgan fingerprint density at radius 2 is 1.88 bits per heavy atom. The maximum Gasteiger partial charge on any atom is 0.288 e. The number of methoxy groups -OCH3 is 1. The molecule has 0 radical (unpaired) electrons. The summed E-state index contributed by atoms with van der Waals surface area (Å²) in [6.45, 7) is 3.90. The second kappa shape index (κ2) is 8.83. The van der Waals surface area contributed by atoms with Gasteiger partial charge in [-0.1, -0.05) is 28.9 Å². The third-order valence-corrected chi connectivity index (χ3v) is 5.77. The molecule has 0 bridgehead atoms. The van der Waals surface area contributed by atoms with Crippen LogP contribution in [0.3, 0.4) is 0 Å². The number of nitrogens with zero attached hydrogens (tertiary/aromatic N) is 6. The molecule has 166 valence electrons. The monoisotopic (exact) mass is 456 g/mol. The van der Waals surface area contributed by atoms with Crippen molar-refractivity contribution >= 4 is 28.9 Å². The molecule has 0 spiro atoms. The van der Waals surface area contributed by atoms with Crippen LogP contribution in [0.1, 0.15) is 16.2 Å². The smallest absolute Gasteiger partial charge is 0.288 e. The molecule has 1 aliphatic rings. The Labute approximate surface area is 189 Å². The number of piperazine rings is 1. The van der Waals surface area contributed by atoms with Gasteiger partial charge in [0.1, 0.15) is 16.5 Å². The number of benzene rings is 2. The van der Waals surface area contributed by atoms with E-state index in [1.54, 1.807) is 35.7 Å². The molecule has 0 atom stereocenters. The molecular weight excluding hydrogens is 436 g/mol. The van der Waals surface area contributed by atoms with Crippen LogP contribution in [0.15, 0.2) is 42.5 Å². The minimum atomic E-state index is -0.511. The van der Waals surface area contributed by atoms with Crippen molar-refractivity contribution in [3.8, 4) is 11.4 Å². The van der Waals surface area contributed by atoms with Gasteiger partial charge < -0.3 is 14.5 Å². The summed E-state index contributed by atoms with van der Waals surface area (Å²) >= 11 is 6.04. The molecule has 0 saturated carbocycles. The highest BCUT2D eigenvalue weighted by molar-refractivity contribution is 6.32. The van der Waals surface area contributed by atoms with Gasteiger partial charge in [-0.3, -0.25) is 14.9 Å². The summed E-state index contributed by atoms with van der Waals surface area (Å²) in [6.07, 6.45) is 0. The predicted octanol–water partition coefficient (Wildman–Crippen LogP) is 3.11. The zero-order valence-corrected chi connectivity index (χ0v) is 18.3. The molecule has 32 heavy (non-hydrogen) atoms. The standard InChI is InChI=1S/C21H21ClN6O4/c1-14-20(23-24-27(14)18-5-3-4-6-19(18)32-2)21(29)26-11-9-25(10-12-26)15-7-8-17(28(30)31)16(22)13-15/h3-8,13H,9-12H2,1-2H3. The molecule has 2 heterocycles. The van der Waals surface area contributed by atoms with Gasteiger partial charge in [0.25, 0.3) is 11.6 Å². The normalized spacial score (nSPS) is 13.8. The third-order valence-electron chi connectivity index (χ3n) is 5.47. The van der Waals surface area contributed by atoms with Crippen LogP contribution >= 0.6 is 11.6 Å². The summed E-state index contributed by atoms with van der Waals surface area (Å²) < 4.78 is 6.99. The first-order chi connectivity index (χ1) is 15.4. The number of nitro groups is 1. The van der Waals surface area contributed by atoms with E-state index in [1.807, 2.05) is 29.2 Å². The second-order valence-corrected chi connectivity index (χ2v) is 7.69. The van der Waals surface area contributed by atoms with E-state index in [0.717, 1.165) is 5.69 Å². The van der Waals surface area contributed by atoms with Crippen molar-refractivity contribution in [2.24, 2.45) is 0 Å². The minimum absolute atomic E-state index is 0.0922. The van der Waals surface area contributed by atoms with Gasteiger partial charge in [0.15, 0.2) is 5.69 Å². The lowest BCUT2D eigenvalue weighted by molar-refractivity contribution is -0.384. The van der Waals surface area contributed by atoms with Gasteiger partial charge in [-0.2, -0.15) is 0 Å². The maximum atomic E-state index is 13.1. The molecule has 1 fully saturated rings. The average Bonchev–Trinajstić information content (AvgIpc) is 3.19. The highest BCUT2D eigenvalue weighted by Crippen LogP contribution is 2.30. The Balaban J connectivity index is 1.47. The van der Waals surface area contributed by atoms with Gasteiger partial charge in [0.05, 0.1) is 17.7 Å².